The highest BCUT2D eigenvalue weighted by molar-refractivity contribution is 5.92. The van der Waals surface area contributed by atoms with E-state index in [2.05, 4.69) is 39.5 Å². The predicted octanol–water partition coefficient (Wildman–Crippen LogP) is 3.92. The molecule has 1 amide bonds. The lowest BCUT2D eigenvalue weighted by molar-refractivity contribution is 0.0623. The van der Waals surface area contributed by atoms with Gasteiger partial charge in [-0.2, -0.15) is 0 Å². The van der Waals surface area contributed by atoms with Crippen molar-refractivity contribution in [3.63, 3.8) is 0 Å². The molecule has 148 valence electrons. The second kappa shape index (κ2) is 8.84. The van der Waals surface area contributed by atoms with Gasteiger partial charge < -0.3 is 10.2 Å². The van der Waals surface area contributed by atoms with Gasteiger partial charge >= 0.3 is 0 Å². The van der Waals surface area contributed by atoms with Gasteiger partial charge in [0.1, 0.15) is 11.5 Å². The molecular formula is C23H23FN4O. The molecular weight excluding hydrogens is 367 g/mol. The van der Waals surface area contributed by atoms with Crippen LogP contribution in [-0.4, -0.2) is 46.9 Å². The van der Waals surface area contributed by atoms with E-state index >= 15 is 0 Å². The van der Waals surface area contributed by atoms with Crippen LogP contribution in [0.4, 0.5) is 15.8 Å². The van der Waals surface area contributed by atoms with Gasteiger partial charge in [-0.05, 0) is 42.0 Å². The highest BCUT2D eigenvalue weighted by atomic mass is 19.1. The Bertz CT molecular complexity index is 937. The van der Waals surface area contributed by atoms with Crippen molar-refractivity contribution in [2.45, 2.75) is 6.54 Å². The molecule has 5 nitrogen and oxygen atoms in total. The number of hydrogen-bond donors (Lipinski definition) is 1. The number of piperazine rings is 1. The lowest BCUT2D eigenvalue weighted by Gasteiger charge is -2.34. The minimum absolute atomic E-state index is 0.0438. The van der Waals surface area contributed by atoms with Gasteiger partial charge in [-0.25, -0.2) is 9.37 Å². The SMILES string of the molecule is O=C(c1ccc(Nc2ccc(F)cc2)cn1)N1CCN(Cc2ccccc2)CC1. The average molecular weight is 390 g/mol. The maximum absolute atomic E-state index is 13.0. The van der Waals surface area contributed by atoms with Gasteiger partial charge in [0.25, 0.3) is 5.91 Å². The summed E-state index contributed by atoms with van der Waals surface area (Å²) in [6.45, 7) is 4.01. The first-order valence-electron chi connectivity index (χ1n) is 9.71. The first-order valence-corrected chi connectivity index (χ1v) is 9.71. The van der Waals surface area contributed by atoms with Gasteiger partial charge in [0.15, 0.2) is 0 Å². The maximum atomic E-state index is 13.0. The Morgan fingerprint density at radius 1 is 0.897 bits per heavy atom. The molecule has 1 aromatic heterocycles. The van der Waals surface area contributed by atoms with Crippen LogP contribution in [0.5, 0.6) is 0 Å². The fourth-order valence-corrected chi connectivity index (χ4v) is 3.41. The first kappa shape index (κ1) is 19.1. The Hall–Kier alpha value is -3.25. The maximum Gasteiger partial charge on any atom is 0.272 e. The third-order valence-corrected chi connectivity index (χ3v) is 5.02. The molecule has 0 bridgehead atoms. The summed E-state index contributed by atoms with van der Waals surface area (Å²) in [6.07, 6.45) is 1.63. The Kier molecular flexibility index (Phi) is 5.81. The minimum atomic E-state index is -0.279. The summed E-state index contributed by atoms with van der Waals surface area (Å²) in [5, 5.41) is 3.15. The molecule has 6 heteroatoms. The van der Waals surface area contributed by atoms with Crippen LogP contribution in [0.25, 0.3) is 0 Å². The molecule has 0 saturated carbocycles. The molecule has 3 aromatic rings. The van der Waals surface area contributed by atoms with E-state index < -0.39 is 0 Å². The molecule has 1 saturated heterocycles. The number of rotatable bonds is 5. The molecule has 0 atom stereocenters. The fraction of sp³-hybridized carbons (Fsp3) is 0.217. The molecule has 0 unspecified atom stereocenters. The van der Waals surface area contributed by atoms with Crippen LogP contribution in [0, 0.1) is 5.82 Å². The number of nitrogens with one attached hydrogen (secondary N) is 1. The predicted molar refractivity (Wildman–Crippen MR) is 112 cm³/mol. The van der Waals surface area contributed by atoms with Crippen molar-refractivity contribution in [1.82, 2.24) is 14.8 Å². The Labute approximate surface area is 169 Å². The number of hydrogen-bond acceptors (Lipinski definition) is 4. The quantitative estimate of drug-likeness (QED) is 0.717. The molecule has 1 aliphatic heterocycles. The van der Waals surface area contributed by atoms with Crippen LogP contribution in [0.15, 0.2) is 72.9 Å². The molecule has 1 fully saturated rings. The Morgan fingerprint density at radius 3 is 2.24 bits per heavy atom. The van der Waals surface area contributed by atoms with Crippen LogP contribution < -0.4 is 5.32 Å². The minimum Gasteiger partial charge on any atom is -0.354 e. The smallest absolute Gasteiger partial charge is 0.272 e. The van der Waals surface area contributed by atoms with Crippen molar-refractivity contribution >= 4 is 17.3 Å². The largest absolute Gasteiger partial charge is 0.354 e. The average Bonchev–Trinajstić information content (AvgIpc) is 2.77. The Balaban J connectivity index is 1.31. The molecule has 29 heavy (non-hydrogen) atoms. The summed E-state index contributed by atoms with van der Waals surface area (Å²) >= 11 is 0. The summed E-state index contributed by atoms with van der Waals surface area (Å²) in [5.41, 5.74) is 3.24. The molecule has 2 heterocycles. The molecule has 0 spiro atoms. The number of anilines is 2. The summed E-state index contributed by atoms with van der Waals surface area (Å²) in [7, 11) is 0. The van der Waals surface area contributed by atoms with Gasteiger partial charge in [-0.3, -0.25) is 9.69 Å². The highest BCUT2D eigenvalue weighted by Gasteiger charge is 2.22. The number of pyridine rings is 1. The zero-order valence-electron chi connectivity index (χ0n) is 16.1. The zero-order valence-corrected chi connectivity index (χ0v) is 16.1. The Morgan fingerprint density at radius 2 is 1.59 bits per heavy atom. The van der Waals surface area contributed by atoms with Crippen molar-refractivity contribution in [3.05, 3.63) is 90.0 Å². The second-order valence-electron chi connectivity index (χ2n) is 7.12. The van der Waals surface area contributed by atoms with Gasteiger partial charge in [0.2, 0.25) is 0 Å². The lowest BCUT2D eigenvalue weighted by atomic mass is 10.2. The normalized spacial score (nSPS) is 14.6. The number of carbonyl (C=O) groups excluding carboxylic acids is 1. The van der Waals surface area contributed by atoms with Crippen LogP contribution in [0.1, 0.15) is 16.1 Å². The van der Waals surface area contributed by atoms with Crippen molar-refractivity contribution in [1.29, 1.82) is 0 Å². The van der Waals surface area contributed by atoms with Gasteiger partial charge in [0.05, 0.1) is 11.9 Å². The number of nitrogens with zero attached hydrogens (tertiary/aromatic N) is 3. The standard InChI is InChI=1S/C23H23FN4O/c24-19-6-8-20(9-7-19)26-21-10-11-22(25-16-21)23(29)28-14-12-27(13-15-28)17-18-4-2-1-3-5-18/h1-11,16,26H,12-15,17H2. The van der Waals surface area contributed by atoms with Crippen LogP contribution in [0.3, 0.4) is 0 Å². The van der Waals surface area contributed by atoms with E-state index in [0.717, 1.165) is 31.0 Å². The van der Waals surface area contributed by atoms with E-state index in [9.17, 15) is 9.18 Å². The molecule has 1 aliphatic rings. The first-order chi connectivity index (χ1) is 14.2. The molecule has 1 N–H and O–H groups in total. The second-order valence-corrected chi connectivity index (χ2v) is 7.12. The number of carbonyl (C=O) groups is 1. The molecule has 0 radical (unpaired) electrons. The number of benzene rings is 2. The van der Waals surface area contributed by atoms with E-state index in [1.807, 2.05) is 17.0 Å². The third-order valence-electron chi connectivity index (χ3n) is 5.02. The summed E-state index contributed by atoms with van der Waals surface area (Å²) in [6, 6.07) is 20.0. The van der Waals surface area contributed by atoms with E-state index in [0.29, 0.717) is 18.8 Å². The van der Waals surface area contributed by atoms with Crippen molar-refractivity contribution < 1.29 is 9.18 Å². The molecule has 4 rings (SSSR count). The number of aromatic nitrogens is 1. The van der Waals surface area contributed by atoms with Gasteiger partial charge in [0, 0.05) is 38.4 Å². The lowest BCUT2D eigenvalue weighted by Crippen LogP contribution is -2.48. The van der Waals surface area contributed by atoms with Crippen molar-refractivity contribution in [2.75, 3.05) is 31.5 Å². The fourth-order valence-electron chi connectivity index (χ4n) is 3.41. The van der Waals surface area contributed by atoms with Gasteiger partial charge in [-0.1, -0.05) is 30.3 Å². The number of halogens is 1. The van der Waals surface area contributed by atoms with E-state index in [1.54, 1.807) is 24.4 Å². The van der Waals surface area contributed by atoms with Crippen LogP contribution in [0.2, 0.25) is 0 Å². The summed E-state index contributed by atoms with van der Waals surface area (Å²) in [4.78, 5) is 21.3. The van der Waals surface area contributed by atoms with Crippen LogP contribution >= 0.6 is 0 Å². The van der Waals surface area contributed by atoms with E-state index in [4.69, 9.17) is 0 Å². The highest BCUT2D eigenvalue weighted by Crippen LogP contribution is 2.17. The monoisotopic (exact) mass is 390 g/mol. The summed E-state index contributed by atoms with van der Waals surface area (Å²) in [5.74, 6) is -0.323. The molecule has 0 aliphatic carbocycles. The van der Waals surface area contributed by atoms with E-state index in [-0.39, 0.29) is 11.7 Å². The third kappa shape index (κ3) is 4.97. The topological polar surface area (TPSA) is 48.5 Å². The van der Waals surface area contributed by atoms with Gasteiger partial charge in [-0.15, -0.1) is 0 Å². The molecule has 2 aromatic carbocycles. The van der Waals surface area contributed by atoms with Crippen molar-refractivity contribution in [3.8, 4) is 0 Å². The number of amides is 1. The van der Waals surface area contributed by atoms with E-state index in [1.165, 1.54) is 17.7 Å². The zero-order chi connectivity index (χ0) is 20.1. The van der Waals surface area contributed by atoms with Crippen molar-refractivity contribution in [2.24, 2.45) is 0 Å². The summed E-state index contributed by atoms with van der Waals surface area (Å²) < 4.78 is 13.0. The van der Waals surface area contributed by atoms with Crippen LogP contribution in [-0.2, 0) is 6.54 Å².